The molecule has 1 N–H and O–H groups in total. The Balaban J connectivity index is 1.84. The fraction of sp³-hybridized carbons (Fsp3) is 0.350. The summed E-state index contributed by atoms with van der Waals surface area (Å²) < 4.78 is 28.1. The molecule has 1 aromatic carbocycles. The summed E-state index contributed by atoms with van der Waals surface area (Å²) in [7, 11) is -3.25. The fourth-order valence-corrected chi connectivity index (χ4v) is 3.73. The Hall–Kier alpha value is -2.45. The van der Waals surface area contributed by atoms with Crippen molar-refractivity contribution in [3.63, 3.8) is 0 Å². The highest BCUT2D eigenvalue weighted by molar-refractivity contribution is 7.93. The Kier molecular flexibility index (Phi) is 6.87. The lowest BCUT2D eigenvalue weighted by atomic mass is 10.1. The van der Waals surface area contributed by atoms with Gasteiger partial charge in [-0.3, -0.25) is 4.79 Å². The molecule has 7 nitrogen and oxygen atoms in total. The number of nitrogens with one attached hydrogen (secondary N) is 1. The molecular formula is C20H22ClN3O4S. The zero-order valence-corrected chi connectivity index (χ0v) is 17.5. The van der Waals surface area contributed by atoms with Crippen molar-refractivity contribution < 1.29 is 17.9 Å². The predicted octanol–water partition coefficient (Wildman–Crippen LogP) is 3.87. The normalized spacial score (nSPS) is 15.0. The van der Waals surface area contributed by atoms with Crippen molar-refractivity contribution in [3.8, 4) is 11.6 Å². The number of amides is 1. The number of aromatic nitrogens is 2. The second kappa shape index (κ2) is 9.37. The topological polar surface area (TPSA) is 98.2 Å². The van der Waals surface area contributed by atoms with Gasteiger partial charge in [0.1, 0.15) is 17.1 Å². The molecule has 1 saturated carbocycles. The van der Waals surface area contributed by atoms with Crippen LogP contribution in [0, 0.1) is 0 Å². The molecule has 1 fully saturated rings. The lowest BCUT2D eigenvalue weighted by molar-refractivity contribution is 0.0954. The molecule has 0 spiro atoms. The molecule has 29 heavy (non-hydrogen) atoms. The third kappa shape index (κ3) is 6.27. The van der Waals surface area contributed by atoms with Gasteiger partial charge >= 0.3 is 0 Å². The quantitative estimate of drug-likeness (QED) is 0.708. The maximum Gasteiger partial charge on any atom is 0.258 e. The molecule has 0 aliphatic heterocycles. The van der Waals surface area contributed by atoms with E-state index in [1.165, 1.54) is 12.3 Å². The Labute approximate surface area is 175 Å². The molecule has 0 unspecified atom stereocenters. The standard InChI is InChI=1S/C20H22ClN3O4S/c1-29(26,27)11-5-10-22-19(25)17-13-23-18(14-6-2-3-7-14)24-20(17)28-16-9-4-8-15(21)12-16/h4-5,8-9,11-14H,2-3,6-7,10H2,1H3,(H,22,25). The van der Waals surface area contributed by atoms with Crippen molar-refractivity contribution >= 4 is 27.3 Å². The van der Waals surface area contributed by atoms with E-state index < -0.39 is 15.7 Å². The number of hydrogen-bond donors (Lipinski definition) is 1. The van der Waals surface area contributed by atoms with E-state index >= 15 is 0 Å². The summed E-state index contributed by atoms with van der Waals surface area (Å²) in [6.07, 6.45) is 8.18. The predicted molar refractivity (Wildman–Crippen MR) is 111 cm³/mol. The number of nitrogens with zero attached hydrogens (tertiary/aromatic N) is 2. The average Bonchev–Trinajstić information content (AvgIpc) is 3.19. The average molecular weight is 436 g/mol. The zero-order chi connectivity index (χ0) is 20.9. The van der Waals surface area contributed by atoms with Gasteiger partial charge in [0.2, 0.25) is 5.88 Å². The summed E-state index contributed by atoms with van der Waals surface area (Å²) in [6.45, 7) is 0.0485. The summed E-state index contributed by atoms with van der Waals surface area (Å²) in [4.78, 5) is 21.5. The molecule has 1 aromatic heterocycles. The SMILES string of the molecule is CS(=O)(=O)C=CCNC(=O)c1cnc(C2CCCC2)nc1Oc1cccc(Cl)c1. The van der Waals surface area contributed by atoms with E-state index in [2.05, 4.69) is 15.3 Å². The van der Waals surface area contributed by atoms with Crippen LogP contribution < -0.4 is 10.1 Å². The van der Waals surface area contributed by atoms with Gasteiger partial charge in [-0.2, -0.15) is 4.98 Å². The number of carbonyl (C=O) groups excluding carboxylic acids is 1. The van der Waals surface area contributed by atoms with Crippen LogP contribution in [-0.2, 0) is 9.84 Å². The summed E-state index contributed by atoms with van der Waals surface area (Å²) in [5, 5.41) is 4.16. The lowest BCUT2D eigenvalue weighted by Gasteiger charge is -2.13. The Morgan fingerprint density at radius 3 is 2.79 bits per heavy atom. The smallest absolute Gasteiger partial charge is 0.258 e. The van der Waals surface area contributed by atoms with Crippen molar-refractivity contribution in [2.45, 2.75) is 31.6 Å². The van der Waals surface area contributed by atoms with E-state index in [1.807, 2.05) is 0 Å². The van der Waals surface area contributed by atoms with E-state index in [0.717, 1.165) is 37.3 Å². The van der Waals surface area contributed by atoms with Crippen LogP contribution in [0.15, 0.2) is 41.9 Å². The molecule has 0 radical (unpaired) electrons. The van der Waals surface area contributed by atoms with Gasteiger partial charge in [-0.25, -0.2) is 13.4 Å². The minimum absolute atomic E-state index is 0.0485. The monoisotopic (exact) mass is 435 g/mol. The molecule has 0 atom stereocenters. The second-order valence-electron chi connectivity index (χ2n) is 6.90. The third-order valence-corrected chi connectivity index (χ3v) is 5.39. The van der Waals surface area contributed by atoms with Gasteiger partial charge in [0, 0.05) is 35.3 Å². The number of benzene rings is 1. The highest BCUT2D eigenvalue weighted by Crippen LogP contribution is 2.34. The summed E-state index contributed by atoms with van der Waals surface area (Å²) >= 11 is 6.02. The van der Waals surface area contributed by atoms with Crippen molar-refractivity contribution in [1.29, 1.82) is 0 Å². The van der Waals surface area contributed by atoms with Crippen molar-refractivity contribution in [3.05, 3.63) is 58.4 Å². The number of carbonyl (C=O) groups is 1. The van der Waals surface area contributed by atoms with Gasteiger partial charge in [0.15, 0.2) is 9.84 Å². The highest BCUT2D eigenvalue weighted by Gasteiger charge is 2.23. The van der Waals surface area contributed by atoms with Gasteiger partial charge in [-0.1, -0.05) is 36.6 Å². The first-order chi connectivity index (χ1) is 13.8. The zero-order valence-electron chi connectivity index (χ0n) is 16.0. The van der Waals surface area contributed by atoms with Crippen molar-refractivity contribution in [1.82, 2.24) is 15.3 Å². The Morgan fingerprint density at radius 1 is 1.34 bits per heavy atom. The van der Waals surface area contributed by atoms with Crippen LogP contribution in [0.1, 0.15) is 47.8 Å². The van der Waals surface area contributed by atoms with Crippen LogP contribution >= 0.6 is 11.6 Å². The summed E-state index contributed by atoms with van der Waals surface area (Å²) in [6, 6.07) is 6.82. The van der Waals surface area contributed by atoms with Gasteiger partial charge in [-0.05, 0) is 31.0 Å². The number of rotatable bonds is 7. The maximum absolute atomic E-state index is 12.6. The highest BCUT2D eigenvalue weighted by atomic mass is 35.5. The molecule has 1 aliphatic rings. The van der Waals surface area contributed by atoms with Gasteiger partial charge in [0.25, 0.3) is 5.91 Å². The lowest BCUT2D eigenvalue weighted by Crippen LogP contribution is -2.25. The van der Waals surface area contributed by atoms with Gasteiger partial charge in [-0.15, -0.1) is 0 Å². The van der Waals surface area contributed by atoms with Crippen LogP contribution in [0.4, 0.5) is 0 Å². The van der Waals surface area contributed by atoms with Crippen LogP contribution in [0.25, 0.3) is 0 Å². The van der Waals surface area contributed by atoms with Crippen LogP contribution in [0.3, 0.4) is 0 Å². The largest absolute Gasteiger partial charge is 0.438 e. The number of sulfone groups is 1. The number of halogens is 1. The van der Waals surface area contributed by atoms with E-state index in [-0.39, 0.29) is 23.9 Å². The molecule has 9 heteroatoms. The van der Waals surface area contributed by atoms with Crippen molar-refractivity contribution in [2.75, 3.05) is 12.8 Å². The van der Waals surface area contributed by atoms with E-state index in [1.54, 1.807) is 24.3 Å². The number of hydrogen-bond acceptors (Lipinski definition) is 6. The molecule has 154 valence electrons. The minimum atomic E-state index is -3.25. The second-order valence-corrected chi connectivity index (χ2v) is 9.27. The Bertz CT molecular complexity index is 1020. The molecule has 2 aromatic rings. The van der Waals surface area contributed by atoms with E-state index in [4.69, 9.17) is 16.3 Å². The molecule has 3 rings (SSSR count). The van der Waals surface area contributed by atoms with E-state index in [0.29, 0.717) is 16.6 Å². The van der Waals surface area contributed by atoms with Gasteiger partial charge < -0.3 is 10.1 Å². The molecule has 1 aliphatic carbocycles. The molecule has 0 bridgehead atoms. The first-order valence-corrected chi connectivity index (χ1v) is 11.6. The van der Waals surface area contributed by atoms with Crippen LogP contribution in [0.2, 0.25) is 5.02 Å². The van der Waals surface area contributed by atoms with Crippen LogP contribution in [-0.4, -0.2) is 37.1 Å². The fourth-order valence-electron chi connectivity index (χ4n) is 3.11. The minimum Gasteiger partial charge on any atom is -0.438 e. The molecule has 1 heterocycles. The molecular weight excluding hydrogens is 414 g/mol. The van der Waals surface area contributed by atoms with Gasteiger partial charge in [0.05, 0.1) is 0 Å². The molecule has 0 saturated heterocycles. The summed E-state index contributed by atoms with van der Waals surface area (Å²) in [5.74, 6) is 1.06. The summed E-state index contributed by atoms with van der Waals surface area (Å²) in [5.41, 5.74) is 0.166. The van der Waals surface area contributed by atoms with Crippen LogP contribution in [0.5, 0.6) is 11.6 Å². The molecule has 1 amide bonds. The van der Waals surface area contributed by atoms with Crippen molar-refractivity contribution in [2.24, 2.45) is 0 Å². The van der Waals surface area contributed by atoms with E-state index in [9.17, 15) is 13.2 Å². The third-order valence-electron chi connectivity index (χ3n) is 4.47. The Morgan fingerprint density at radius 2 is 2.10 bits per heavy atom. The first kappa shape index (κ1) is 21.3. The maximum atomic E-state index is 12.6. The first-order valence-electron chi connectivity index (χ1n) is 9.27. The number of ether oxygens (including phenoxy) is 1.